The van der Waals surface area contributed by atoms with Crippen molar-refractivity contribution in [3.63, 3.8) is 0 Å². The molecule has 3 rings (SSSR count). The molecule has 0 saturated heterocycles. The van der Waals surface area contributed by atoms with Gasteiger partial charge < -0.3 is 15.2 Å². The molecule has 0 aliphatic carbocycles. The molecule has 0 amide bonds. The smallest absolute Gasteiger partial charge is 0.336 e. The zero-order valence-corrected chi connectivity index (χ0v) is 23.9. The normalized spacial score (nSPS) is 17.0. The standard InChI is InChI=1S/C29H36N4O6S/c1-4-38-29(35)27-24(19-40-16-13-30)31-20(2)25(26(27)22-11-8-12-23(17-22)33(36)37)28(34)39-15-14-32(3)18-21-9-6-5-7-10-21/h5-12,17,26-27H,4,13-16,18-19,30H2,1-3H3. The third kappa shape index (κ3) is 8.23. The molecule has 0 radical (unpaired) electrons. The Morgan fingerprint density at radius 3 is 2.58 bits per heavy atom. The zero-order valence-electron chi connectivity index (χ0n) is 23.1. The van der Waals surface area contributed by atoms with Gasteiger partial charge in [0.25, 0.3) is 5.69 Å². The van der Waals surface area contributed by atoms with E-state index in [1.54, 1.807) is 26.0 Å². The van der Waals surface area contributed by atoms with Crippen LogP contribution in [0.3, 0.4) is 0 Å². The summed E-state index contributed by atoms with van der Waals surface area (Å²) in [5, 5.41) is 11.6. The van der Waals surface area contributed by atoms with E-state index < -0.39 is 28.7 Å². The summed E-state index contributed by atoms with van der Waals surface area (Å²) in [6.45, 7) is 5.28. The van der Waals surface area contributed by atoms with E-state index in [2.05, 4.69) is 4.99 Å². The van der Waals surface area contributed by atoms with Crippen LogP contribution in [0.25, 0.3) is 0 Å². The van der Waals surface area contributed by atoms with Crippen molar-refractivity contribution in [2.45, 2.75) is 26.3 Å². The summed E-state index contributed by atoms with van der Waals surface area (Å²) in [5.41, 5.74) is 8.22. The second-order valence-corrected chi connectivity index (χ2v) is 10.5. The number of hydrogen-bond donors (Lipinski definition) is 1. The number of benzene rings is 2. The van der Waals surface area contributed by atoms with E-state index >= 15 is 0 Å². The maximum absolute atomic E-state index is 13.6. The molecule has 0 bridgehead atoms. The first-order valence-corrected chi connectivity index (χ1v) is 14.3. The van der Waals surface area contributed by atoms with Crippen LogP contribution in [0.1, 0.15) is 30.9 Å². The number of aliphatic imine (C=N–C) groups is 1. The van der Waals surface area contributed by atoms with Crippen molar-refractivity contribution in [2.24, 2.45) is 16.6 Å². The third-order valence-electron chi connectivity index (χ3n) is 6.42. The molecule has 10 nitrogen and oxygen atoms in total. The summed E-state index contributed by atoms with van der Waals surface area (Å²) in [7, 11) is 1.93. The minimum atomic E-state index is -0.945. The van der Waals surface area contributed by atoms with Gasteiger partial charge in [-0.25, -0.2) is 4.79 Å². The highest BCUT2D eigenvalue weighted by atomic mass is 32.2. The number of rotatable bonds is 14. The second-order valence-electron chi connectivity index (χ2n) is 9.36. The lowest BCUT2D eigenvalue weighted by molar-refractivity contribution is -0.384. The molecule has 11 heteroatoms. The van der Waals surface area contributed by atoms with Gasteiger partial charge in [0.15, 0.2) is 0 Å². The van der Waals surface area contributed by atoms with E-state index in [0.29, 0.717) is 48.1 Å². The van der Waals surface area contributed by atoms with Crippen LogP contribution in [0.5, 0.6) is 0 Å². The molecule has 214 valence electrons. The van der Waals surface area contributed by atoms with Gasteiger partial charge >= 0.3 is 11.9 Å². The molecule has 0 saturated carbocycles. The Bertz CT molecular complexity index is 1250. The zero-order chi connectivity index (χ0) is 29.1. The maximum atomic E-state index is 13.6. The fourth-order valence-electron chi connectivity index (χ4n) is 4.63. The number of thioether (sulfide) groups is 1. The first kappa shape index (κ1) is 31.0. The van der Waals surface area contributed by atoms with Gasteiger partial charge in [-0.2, -0.15) is 11.8 Å². The Kier molecular flexibility index (Phi) is 11.9. The van der Waals surface area contributed by atoms with Crippen LogP contribution in [0, 0.1) is 16.0 Å². The Labute approximate surface area is 238 Å². The fraction of sp³-hybridized carbons (Fsp3) is 0.414. The number of nitro groups is 1. The van der Waals surface area contributed by atoms with E-state index in [-0.39, 0.29) is 24.5 Å². The first-order chi connectivity index (χ1) is 19.3. The number of nitrogens with two attached hydrogens (primary N) is 1. The predicted molar refractivity (Wildman–Crippen MR) is 156 cm³/mol. The van der Waals surface area contributed by atoms with E-state index in [9.17, 15) is 19.7 Å². The highest BCUT2D eigenvalue weighted by molar-refractivity contribution is 8.00. The molecule has 0 aromatic heterocycles. The van der Waals surface area contributed by atoms with Crippen LogP contribution in [0.2, 0.25) is 0 Å². The Hall–Kier alpha value is -3.54. The number of nitrogens with zero attached hydrogens (tertiary/aromatic N) is 3. The summed E-state index contributed by atoms with van der Waals surface area (Å²) in [5.74, 6) is -1.92. The van der Waals surface area contributed by atoms with Gasteiger partial charge in [0, 0.05) is 60.6 Å². The molecular weight excluding hydrogens is 532 g/mol. The van der Waals surface area contributed by atoms with Crippen LogP contribution >= 0.6 is 11.8 Å². The van der Waals surface area contributed by atoms with Crippen LogP contribution in [0.4, 0.5) is 5.69 Å². The number of ether oxygens (including phenoxy) is 2. The van der Waals surface area contributed by atoms with Gasteiger partial charge in [-0.3, -0.25) is 24.8 Å². The Balaban J connectivity index is 1.93. The minimum Gasteiger partial charge on any atom is -0.465 e. The molecule has 1 aliphatic heterocycles. The first-order valence-electron chi connectivity index (χ1n) is 13.1. The monoisotopic (exact) mass is 568 g/mol. The molecule has 40 heavy (non-hydrogen) atoms. The lowest BCUT2D eigenvalue weighted by atomic mass is 9.75. The van der Waals surface area contributed by atoms with E-state index in [1.165, 1.54) is 23.9 Å². The SMILES string of the molecule is CCOC(=O)C1C(CSCCN)=NC(C)=C(C(=O)OCCN(C)Cc2ccccc2)C1c1cccc([N+](=O)[O-])c1. The second kappa shape index (κ2) is 15.3. The highest BCUT2D eigenvalue weighted by Crippen LogP contribution is 2.41. The van der Waals surface area contributed by atoms with Gasteiger partial charge in [-0.05, 0) is 32.0 Å². The number of non-ortho nitro benzene ring substituents is 1. The summed E-state index contributed by atoms with van der Waals surface area (Å²) in [4.78, 5) is 44.7. The summed E-state index contributed by atoms with van der Waals surface area (Å²) >= 11 is 1.52. The minimum absolute atomic E-state index is 0.119. The average molecular weight is 569 g/mol. The van der Waals surface area contributed by atoms with Crippen molar-refractivity contribution < 1.29 is 24.0 Å². The van der Waals surface area contributed by atoms with E-state index in [0.717, 1.165) is 5.56 Å². The van der Waals surface area contributed by atoms with Crippen LogP contribution in [0.15, 0.2) is 70.9 Å². The number of likely N-dealkylation sites (N-methyl/N-ethyl adjacent to an activating group) is 1. The molecule has 1 aliphatic rings. The Morgan fingerprint density at radius 1 is 1.15 bits per heavy atom. The van der Waals surface area contributed by atoms with Gasteiger partial charge in [0.1, 0.15) is 12.5 Å². The van der Waals surface area contributed by atoms with Gasteiger partial charge in [-0.15, -0.1) is 0 Å². The van der Waals surface area contributed by atoms with E-state index in [1.807, 2.05) is 42.3 Å². The molecule has 2 N–H and O–H groups in total. The molecule has 1 heterocycles. The van der Waals surface area contributed by atoms with Crippen molar-refractivity contribution >= 4 is 35.1 Å². The van der Waals surface area contributed by atoms with Gasteiger partial charge in [-0.1, -0.05) is 42.5 Å². The lowest BCUT2D eigenvalue weighted by Crippen LogP contribution is -2.39. The van der Waals surface area contributed by atoms with Crippen LogP contribution in [-0.4, -0.2) is 72.3 Å². The molecule has 0 spiro atoms. The number of esters is 2. The number of carbonyl (C=O) groups is 2. The molecule has 2 aromatic carbocycles. The van der Waals surface area contributed by atoms with Crippen molar-refractivity contribution in [2.75, 3.05) is 44.9 Å². The number of nitro benzene ring substituents is 1. The third-order valence-corrected chi connectivity index (χ3v) is 7.44. The van der Waals surface area contributed by atoms with E-state index in [4.69, 9.17) is 15.2 Å². The van der Waals surface area contributed by atoms with Gasteiger partial charge in [0.05, 0.1) is 17.1 Å². The summed E-state index contributed by atoms with van der Waals surface area (Å²) < 4.78 is 11.1. The van der Waals surface area contributed by atoms with Crippen molar-refractivity contribution in [1.82, 2.24) is 4.90 Å². The number of allylic oxidation sites excluding steroid dienone is 1. The molecule has 2 aromatic rings. The number of carbonyl (C=O) groups excluding carboxylic acids is 2. The highest BCUT2D eigenvalue weighted by Gasteiger charge is 2.44. The topological polar surface area (TPSA) is 137 Å². The van der Waals surface area contributed by atoms with Crippen molar-refractivity contribution in [3.05, 3.63) is 87.1 Å². The van der Waals surface area contributed by atoms with Crippen LogP contribution < -0.4 is 5.73 Å². The van der Waals surface area contributed by atoms with Crippen molar-refractivity contribution in [3.8, 4) is 0 Å². The van der Waals surface area contributed by atoms with Crippen molar-refractivity contribution in [1.29, 1.82) is 0 Å². The average Bonchev–Trinajstić information content (AvgIpc) is 2.93. The lowest BCUT2D eigenvalue weighted by Gasteiger charge is -2.32. The maximum Gasteiger partial charge on any atom is 0.336 e. The predicted octanol–water partition coefficient (Wildman–Crippen LogP) is 3.95. The molecule has 0 fully saturated rings. The quantitative estimate of drug-likeness (QED) is 0.155. The van der Waals surface area contributed by atoms with Crippen LogP contribution in [-0.2, 0) is 25.6 Å². The molecule has 2 unspecified atom stereocenters. The molecule has 2 atom stereocenters. The summed E-state index contributed by atoms with van der Waals surface area (Å²) in [6.07, 6.45) is 0. The van der Waals surface area contributed by atoms with Gasteiger partial charge in [0.2, 0.25) is 0 Å². The Morgan fingerprint density at radius 2 is 1.90 bits per heavy atom. The number of hydrogen-bond acceptors (Lipinski definition) is 10. The largest absolute Gasteiger partial charge is 0.465 e. The molecular formula is C29H36N4O6S. The fourth-order valence-corrected chi connectivity index (χ4v) is 5.39. The summed E-state index contributed by atoms with van der Waals surface area (Å²) in [6, 6.07) is 15.9.